The van der Waals surface area contributed by atoms with Gasteiger partial charge in [-0.05, 0) is 18.9 Å². The molecule has 0 saturated heterocycles. The van der Waals surface area contributed by atoms with Crippen LogP contribution in [-0.4, -0.2) is 20.9 Å². The lowest BCUT2D eigenvalue weighted by Gasteiger charge is -2.12. The van der Waals surface area contributed by atoms with E-state index in [0.717, 1.165) is 12.8 Å². The van der Waals surface area contributed by atoms with Gasteiger partial charge in [0.05, 0.1) is 18.6 Å². The van der Waals surface area contributed by atoms with Gasteiger partial charge in [0.15, 0.2) is 0 Å². The number of aromatic carboxylic acids is 1. The second kappa shape index (κ2) is 5.08. The van der Waals surface area contributed by atoms with Gasteiger partial charge in [-0.25, -0.2) is 4.79 Å². The summed E-state index contributed by atoms with van der Waals surface area (Å²) in [4.78, 5) is 11.2. The van der Waals surface area contributed by atoms with E-state index in [9.17, 15) is 9.90 Å². The zero-order chi connectivity index (χ0) is 13.1. The van der Waals surface area contributed by atoms with Crippen molar-refractivity contribution >= 4 is 5.97 Å². The monoisotopic (exact) mass is 248 g/mol. The van der Waals surface area contributed by atoms with Gasteiger partial charge in [-0.2, -0.15) is 5.10 Å². The second-order valence-electron chi connectivity index (χ2n) is 4.16. The molecule has 18 heavy (non-hydrogen) atoms. The fraction of sp³-hybridized carbons (Fsp3) is 0.385. The molecule has 2 rings (SSSR count). The SMILES string of the molecule is CCC(CC)n1cc(C(=O)O)c(-c2ccoc2)n1. The third-order valence-corrected chi connectivity index (χ3v) is 3.07. The van der Waals surface area contributed by atoms with Crippen LogP contribution in [0.5, 0.6) is 0 Å². The van der Waals surface area contributed by atoms with Gasteiger partial charge < -0.3 is 9.52 Å². The van der Waals surface area contributed by atoms with Gasteiger partial charge in [-0.15, -0.1) is 0 Å². The first kappa shape index (κ1) is 12.4. The summed E-state index contributed by atoms with van der Waals surface area (Å²) in [6.45, 7) is 4.13. The molecule has 0 aliphatic heterocycles. The maximum absolute atomic E-state index is 11.2. The van der Waals surface area contributed by atoms with Crippen molar-refractivity contribution in [3.8, 4) is 11.3 Å². The molecule has 5 nitrogen and oxygen atoms in total. The maximum Gasteiger partial charge on any atom is 0.339 e. The predicted molar refractivity (Wildman–Crippen MR) is 66.5 cm³/mol. The van der Waals surface area contributed by atoms with E-state index in [1.165, 1.54) is 12.5 Å². The molecule has 0 amide bonds. The molecule has 96 valence electrons. The maximum atomic E-state index is 11.2. The Bertz CT molecular complexity index is 524. The molecule has 5 heteroatoms. The summed E-state index contributed by atoms with van der Waals surface area (Å²) in [6.07, 6.45) is 6.45. The predicted octanol–water partition coefficient (Wildman–Crippen LogP) is 3.20. The summed E-state index contributed by atoms with van der Waals surface area (Å²) < 4.78 is 6.73. The number of aromatic nitrogens is 2. The minimum absolute atomic E-state index is 0.211. The van der Waals surface area contributed by atoms with E-state index in [1.54, 1.807) is 16.9 Å². The lowest BCUT2D eigenvalue weighted by Crippen LogP contribution is -2.07. The molecule has 0 aliphatic carbocycles. The number of hydrogen-bond acceptors (Lipinski definition) is 3. The molecule has 0 atom stereocenters. The molecule has 0 aromatic carbocycles. The normalized spacial score (nSPS) is 11.1. The molecule has 2 aromatic heterocycles. The Labute approximate surface area is 105 Å². The molecule has 2 aromatic rings. The van der Waals surface area contributed by atoms with Gasteiger partial charge in [-0.3, -0.25) is 4.68 Å². The smallest absolute Gasteiger partial charge is 0.339 e. The second-order valence-corrected chi connectivity index (χ2v) is 4.16. The molecule has 0 fully saturated rings. The van der Waals surface area contributed by atoms with E-state index in [4.69, 9.17) is 4.42 Å². The summed E-state index contributed by atoms with van der Waals surface area (Å²) in [7, 11) is 0. The molecule has 1 N–H and O–H groups in total. The number of hydrogen-bond donors (Lipinski definition) is 1. The summed E-state index contributed by atoms with van der Waals surface area (Å²) in [5, 5.41) is 13.6. The highest BCUT2D eigenvalue weighted by atomic mass is 16.4. The zero-order valence-corrected chi connectivity index (χ0v) is 10.5. The highest BCUT2D eigenvalue weighted by molar-refractivity contribution is 5.94. The van der Waals surface area contributed by atoms with Crippen molar-refractivity contribution in [1.82, 2.24) is 9.78 Å². The molecule has 2 heterocycles. The first-order chi connectivity index (χ1) is 8.67. The average Bonchev–Trinajstić information content (AvgIpc) is 2.98. The average molecular weight is 248 g/mol. The van der Waals surface area contributed by atoms with Crippen LogP contribution in [0.15, 0.2) is 29.2 Å². The van der Waals surface area contributed by atoms with Crippen LogP contribution in [-0.2, 0) is 0 Å². The van der Waals surface area contributed by atoms with E-state index in [2.05, 4.69) is 18.9 Å². The van der Waals surface area contributed by atoms with Crippen molar-refractivity contribution in [3.63, 3.8) is 0 Å². The van der Waals surface area contributed by atoms with Crippen LogP contribution in [0.4, 0.5) is 0 Å². The van der Waals surface area contributed by atoms with Gasteiger partial charge in [-0.1, -0.05) is 13.8 Å². The highest BCUT2D eigenvalue weighted by Gasteiger charge is 2.20. The molecule has 0 radical (unpaired) electrons. The van der Waals surface area contributed by atoms with Gasteiger partial charge in [0.1, 0.15) is 11.3 Å². The molecular weight excluding hydrogens is 232 g/mol. The summed E-state index contributed by atoms with van der Waals surface area (Å²) >= 11 is 0. The van der Waals surface area contributed by atoms with E-state index >= 15 is 0 Å². The minimum atomic E-state index is -0.969. The van der Waals surface area contributed by atoms with Crippen molar-refractivity contribution in [3.05, 3.63) is 30.4 Å². The van der Waals surface area contributed by atoms with Crippen molar-refractivity contribution in [2.45, 2.75) is 32.7 Å². The van der Waals surface area contributed by atoms with E-state index in [-0.39, 0.29) is 11.6 Å². The Balaban J connectivity index is 2.48. The van der Waals surface area contributed by atoms with Crippen molar-refractivity contribution in [1.29, 1.82) is 0 Å². The Morgan fingerprint density at radius 3 is 2.72 bits per heavy atom. The van der Waals surface area contributed by atoms with Crippen LogP contribution in [0.2, 0.25) is 0 Å². The van der Waals surface area contributed by atoms with E-state index in [1.807, 2.05) is 0 Å². The Kier molecular flexibility index (Phi) is 3.50. The number of furan rings is 1. The van der Waals surface area contributed by atoms with E-state index < -0.39 is 5.97 Å². The Morgan fingerprint density at radius 2 is 2.22 bits per heavy atom. The number of carboxylic acid groups (broad SMARTS) is 1. The topological polar surface area (TPSA) is 68.3 Å². The van der Waals surface area contributed by atoms with Crippen LogP contribution in [0, 0.1) is 0 Å². The molecule has 0 saturated carbocycles. The number of carboxylic acids is 1. The fourth-order valence-electron chi connectivity index (χ4n) is 2.01. The number of rotatable bonds is 5. The first-order valence-corrected chi connectivity index (χ1v) is 6.02. The number of nitrogens with zero attached hydrogens (tertiary/aromatic N) is 2. The fourth-order valence-corrected chi connectivity index (χ4v) is 2.01. The van der Waals surface area contributed by atoms with Crippen molar-refractivity contribution < 1.29 is 14.3 Å². The van der Waals surface area contributed by atoms with E-state index in [0.29, 0.717) is 11.3 Å². The standard InChI is InChI=1S/C13H16N2O3/c1-3-10(4-2)15-7-11(13(16)17)12(14-15)9-5-6-18-8-9/h5-8,10H,3-4H2,1-2H3,(H,16,17). The lowest BCUT2D eigenvalue weighted by molar-refractivity contribution is 0.0697. The molecule has 0 spiro atoms. The number of carbonyl (C=O) groups is 1. The largest absolute Gasteiger partial charge is 0.478 e. The molecule has 0 aliphatic rings. The third-order valence-electron chi connectivity index (χ3n) is 3.07. The lowest BCUT2D eigenvalue weighted by atomic mass is 10.1. The highest BCUT2D eigenvalue weighted by Crippen LogP contribution is 2.25. The first-order valence-electron chi connectivity index (χ1n) is 6.02. The van der Waals surface area contributed by atoms with Crippen LogP contribution in [0.1, 0.15) is 43.1 Å². The van der Waals surface area contributed by atoms with Crippen LogP contribution in [0.3, 0.4) is 0 Å². The van der Waals surface area contributed by atoms with Crippen LogP contribution in [0.25, 0.3) is 11.3 Å². The van der Waals surface area contributed by atoms with Gasteiger partial charge in [0, 0.05) is 11.8 Å². The zero-order valence-electron chi connectivity index (χ0n) is 10.5. The van der Waals surface area contributed by atoms with Crippen LogP contribution < -0.4 is 0 Å². The van der Waals surface area contributed by atoms with Crippen molar-refractivity contribution in [2.24, 2.45) is 0 Å². The van der Waals surface area contributed by atoms with Gasteiger partial charge in [0.2, 0.25) is 0 Å². The Hall–Kier alpha value is -2.04. The molecule has 0 unspecified atom stereocenters. The summed E-state index contributed by atoms with van der Waals surface area (Å²) in [6, 6.07) is 1.94. The molecular formula is C13H16N2O3. The van der Waals surface area contributed by atoms with Crippen molar-refractivity contribution in [2.75, 3.05) is 0 Å². The quantitative estimate of drug-likeness (QED) is 0.882. The summed E-state index contributed by atoms with van der Waals surface area (Å²) in [5.74, 6) is -0.969. The van der Waals surface area contributed by atoms with Gasteiger partial charge in [0.25, 0.3) is 0 Å². The van der Waals surface area contributed by atoms with Crippen LogP contribution >= 0.6 is 0 Å². The minimum Gasteiger partial charge on any atom is -0.478 e. The third kappa shape index (κ3) is 2.16. The van der Waals surface area contributed by atoms with Gasteiger partial charge >= 0.3 is 5.97 Å². The molecule has 0 bridgehead atoms. The Morgan fingerprint density at radius 1 is 1.50 bits per heavy atom. The summed E-state index contributed by atoms with van der Waals surface area (Å²) in [5.41, 5.74) is 1.36.